The summed E-state index contributed by atoms with van der Waals surface area (Å²) in [4.78, 5) is 30.7. The standard InChI is InChI=1S/C17H19N3O3/c1-23-16(22)10-20-14-5-3-2-4-13(14)18-17(20)11-8-15(21)19(9-11)12-6-7-12/h2-5,11-12H,6-10H2,1H3. The van der Waals surface area contributed by atoms with Crippen LogP contribution in [0.25, 0.3) is 11.0 Å². The highest BCUT2D eigenvalue weighted by atomic mass is 16.5. The van der Waals surface area contributed by atoms with E-state index in [1.807, 2.05) is 33.7 Å². The van der Waals surface area contributed by atoms with Crippen LogP contribution in [0.3, 0.4) is 0 Å². The van der Waals surface area contributed by atoms with E-state index in [9.17, 15) is 9.59 Å². The molecule has 4 rings (SSSR count). The summed E-state index contributed by atoms with van der Waals surface area (Å²) in [6.07, 6.45) is 2.69. The number of fused-ring (bicyclic) bond motifs is 1. The molecule has 1 aliphatic heterocycles. The van der Waals surface area contributed by atoms with Crippen molar-refractivity contribution in [3.05, 3.63) is 30.1 Å². The fourth-order valence-electron chi connectivity index (χ4n) is 3.41. The molecule has 1 aromatic heterocycles. The highest BCUT2D eigenvalue weighted by Gasteiger charge is 2.41. The Morgan fingerprint density at radius 1 is 1.35 bits per heavy atom. The van der Waals surface area contributed by atoms with Gasteiger partial charge in [0, 0.05) is 24.9 Å². The van der Waals surface area contributed by atoms with Crippen molar-refractivity contribution in [3.8, 4) is 0 Å². The van der Waals surface area contributed by atoms with Gasteiger partial charge in [-0.1, -0.05) is 12.1 Å². The number of carbonyl (C=O) groups excluding carboxylic acids is 2. The van der Waals surface area contributed by atoms with E-state index in [-0.39, 0.29) is 24.3 Å². The van der Waals surface area contributed by atoms with E-state index in [1.54, 1.807) is 0 Å². The minimum Gasteiger partial charge on any atom is -0.468 e. The highest BCUT2D eigenvalue weighted by molar-refractivity contribution is 5.82. The van der Waals surface area contributed by atoms with E-state index in [0.29, 0.717) is 19.0 Å². The van der Waals surface area contributed by atoms with Crippen LogP contribution < -0.4 is 0 Å². The van der Waals surface area contributed by atoms with Gasteiger partial charge >= 0.3 is 5.97 Å². The summed E-state index contributed by atoms with van der Waals surface area (Å²) < 4.78 is 6.71. The van der Waals surface area contributed by atoms with Crippen LogP contribution >= 0.6 is 0 Å². The smallest absolute Gasteiger partial charge is 0.325 e. The van der Waals surface area contributed by atoms with Crippen LogP contribution in [-0.4, -0.2) is 46.0 Å². The normalized spacial score (nSPS) is 21.2. The Morgan fingerprint density at radius 3 is 2.87 bits per heavy atom. The maximum absolute atomic E-state index is 12.2. The molecule has 1 saturated carbocycles. The van der Waals surface area contributed by atoms with Gasteiger partial charge in [-0.15, -0.1) is 0 Å². The van der Waals surface area contributed by atoms with Crippen molar-refractivity contribution >= 4 is 22.9 Å². The van der Waals surface area contributed by atoms with Crippen molar-refractivity contribution in [1.29, 1.82) is 0 Å². The number of carbonyl (C=O) groups is 2. The van der Waals surface area contributed by atoms with Crippen LogP contribution in [0.15, 0.2) is 24.3 Å². The summed E-state index contributed by atoms with van der Waals surface area (Å²) >= 11 is 0. The summed E-state index contributed by atoms with van der Waals surface area (Å²) in [5.41, 5.74) is 1.76. The molecule has 2 aliphatic rings. The lowest BCUT2D eigenvalue weighted by Crippen LogP contribution is -2.27. The first-order valence-electron chi connectivity index (χ1n) is 7.99. The third kappa shape index (κ3) is 2.48. The zero-order valence-corrected chi connectivity index (χ0v) is 13.1. The van der Waals surface area contributed by atoms with Crippen LogP contribution in [0.5, 0.6) is 0 Å². The Hall–Kier alpha value is -2.37. The molecule has 2 heterocycles. The number of nitrogens with zero attached hydrogens (tertiary/aromatic N) is 3. The van der Waals surface area contributed by atoms with E-state index in [4.69, 9.17) is 9.72 Å². The Kier molecular flexibility index (Phi) is 3.32. The summed E-state index contributed by atoms with van der Waals surface area (Å²) in [5.74, 6) is 0.750. The molecule has 1 amide bonds. The topological polar surface area (TPSA) is 64.4 Å². The molecule has 1 unspecified atom stereocenters. The largest absolute Gasteiger partial charge is 0.468 e. The molecule has 2 fully saturated rings. The lowest BCUT2D eigenvalue weighted by molar-refractivity contribution is -0.141. The highest BCUT2D eigenvalue weighted by Crippen LogP contribution is 2.37. The third-order valence-electron chi connectivity index (χ3n) is 4.71. The first-order valence-corrected chi connectivity index (χ1v) is 7.99. The second-order valence-corrected chi connectivity index (χ2v) is 6.30. The number of rotatable bonds is 4. The summed E-state index contributed by atoms with van der Waals surface area (Å²) in [6.45, 7) is 0.828. The van der Waals surface area contributed by atoms with Gasteiger partial charge in [-0.05, 0) is 25.0 Å². The van der Waals surface area contributed by atoms with Crippen molar-refractivity contribution in [2.75, 3.05) is 13.7 Å². The number of hydrogen-bond donors (Lipinski definition) is 0. The fourth-order valence-corrected chi connectivity index (χ4v) is 3.41. The van der Waals surface area contributed by atoms with Gasteiger partial charge in [0.2, 0.25) is 5.91 Å². The van der Waals surface area contributed by atoms with Crippen LogP contribution in [0.1, 0.15) is 31.0 Å². The first-order chi connectivity index (χ1) is 11.2. The van der Waals surface area contributed by atoms with Crippen LogP contribution in [0.4, 0.5) is 0 Å². The zero-order chi connectivity index (χ0) is 16.0. The molecule has 1 atom stereocenters. The lowest BCUT2D eigenvalue weighted by Gasteiger charge is -2.16. The maximum atomic E-state index is 12.2. The zero-order valence-electron chi connectivity index (χ0n) is 13.1. The molecule has 1 saturated heterocycles. The van der Waals surface area contributed by atoms with Crippen molar-refractivity contribution in [2.24, 2.45) is 0 Å². The number of amides is 1. The predicted molar refractivity (Wildman–Crippen MR) is 83.8 cm³/mol. The minimum absolute atomic E-state index is 0.0418. The van der Waals surface area contributed by atoms with Gasteiger partial charge < -0.3 is 14.2 Å². The van der Waals surface area contributed by atoms with Crippen LogP contribution in [0, 0.1) is 0 Å². The number of likely N-dealkylation sites (tertiary alicyclic amines) is 1. The average molecular weight is 313 g/mol. The molecule has 2 aromatic rings. The Balaban J connectivity index is 1.72. The van der Waals surface area contributed by atoms with Gasteiger partial charge in [0.25, 0.3) is 0 Å². The van der Waals surface area contributed by atoms with E-state index in [1.165, 1.54) is 7.11 Å². The molecule has 6 heteroatoms. The van der Waals surface area contributed by atoms with E-state index in [0.717, 1.165) is 29.7 Å². The molecule has 0 N–H and O–H groups in total. The number of imidazole rings is 1. The van der Waals surface area contributed by atoms with E-state index in [2.05, 4.69) is 0 Å². The Bertz CT molecular complexity index is 778. The quantitative estimate of drug-likeness (QED) is 0.806. The summed E-state index contributed by atoms with van der Waals surface area (Å²) in [6, 6.07) is 8.16. The molecule has 0 spiro atoms. The summed E-state index contributed by atoms with van der Waals surface area (Å²) in [5, 5.41) is 0. The molecule has 6 nitrogen and oxygen atoms in total. The van der Waals surface area contributed by atoms with Gasteiger partial charge in [0.15, 0.2) is 0 Å². The second kappa shape index (κ2) is 5.37. The van der Waals surface area contributed by atoms with Crippen LogP contribution in [0.2, 0.25) is 0 Å². The maximum Gasteiger partial charge on any atom is 0.325 e. The summed E-state index contributed by atoms with van der Waals surface area (Å²) in [7, 11) is 1.38. The second-order valence-electron chi connectivity index (χ2n) is 6.30. The SMILES string of the molecule is COC(=O)Cn1c(C2CC(=O)N(C3CC3)C2)nc2ccccc21. The number of para-hydroxylation sites is 2. The number of aromatic nitrogens is 2. The van der Waals surface area contributed by atoms with Gasteiger partial charge in [-0.2, -0.15) is 0 Å². The minimum atomic E-state index is -0.308. The molecule has 1 aliphatic carbocycles. The van der Waals surface area contributed by atoms with Gasteiger partial charge in [-0.25, -0.2) is 4.98 Å². The Labute approximate surface area is 134 Å². The molecule has 0 bridgehead atoms. The molecule has 1 aromatic carbocycles. The number of ether oxygens (including phenoxy) is 1. The third-order valence-corrected chi connectivity index (χ3v) is 4.71. The molecule has 0 radical (unpaired) electrons. The Morgan fingerprint density at radius 2 is 2.13 bits per heavy atom. The predicted octanol–water partition coefficient (Wildman–Crippen LogP) is 1.69. The average Bonchev–Trinajstić information content (AvgIpc) is 3.24. The first kappa shape index (κ1) is 14.2. The number of methoxy groups -OCH3 is 1. The van der Waals surface area contributed by atoms with Crippen molar-refractivity contribution in [1.82, 2.24) is 14.5 Å². The number of benzene rings is 1. The molecule has 23 heavy (non-hydrogen) atoms. The van der Waals surface area contributed by atoms with E-state index >= 15 is 0 Å². The van der Waals surface area contributed by atoms with Crippen molar-refractivity contribution in [3.63, 3.8) is 0 Å². The van der Waals surface area contributed by atoms with E-state index < -0.39 is 0 Å². The monoisotopic (exact) mass is 313 g/mol. The molecular formula is C17H19N3O3. The number of hydrogen-bond acceptors (Lipinski definition) is 4. The van der Waals surface area contributed by atoms with Gasteiger partial charge in [0.1, 0.15) is 12.4 Å². The van der Waals surface area contributed by atoms with Crippen molar-refractivity contribution in [2.45, 2.75) is 37.8 Å². The van der Waals surface area contributed by atoms with Gasteiger partial charge in [0.05, 0.1) is 18.1 Å². The van der Waals surface area contributed by atoms with Crippen molar-refractivity contribution < 1.29 is 14.3 Å². The lowest BCUT2D eigenvalue weighted by atomic mass is 10.1. The molecule has 120 valence electrons. The molecular weight excluding hydrogens is 294 g/mol. The van der Waals surface area contributed by atoms with Gasteiger partial charge in [-0.3, -0.25) is 9.59 Å². The number of esters is 1. The van der Waals surface area contributed by atoms with Crippen LogP contribution in [-0.2, 0) is 20.9 Å². The fraction of sp³-hybridized carbons (Fsp3) is 0.471.